The van der Waals surface area contributed by atoms with Crippen LogP contribution < -0.4 is 5.32 Å². The molecule has 0 aliphatic heterocycles. The van der Waals surface area contributed by atoms with Gasteiger partial charge in [-0.05, 0) is 30.0 Å². The molecule has 0 bridgehead atoms. The van der Waals surface area contributed by atoms with Crippen LogP contribution in [0.3, 0.4) is 0 Å². The van der Waals surface area contributed by atoms with Crippen LogP contribution in [0.2, 0.25) is 0 Å². The summed E-state index contributed by atoms with van der Waals surface area (Å²) >= 11 is 1.44. The molecule has 0 fully saturated rings. The van der Waals surface area contributed by atoms with E-state index in [9.17, 15) is 4.79 Å². The minimum atomic E-state index is -0.121. The molecule has 1 N–H and O–H groups in total. The monoisotopic (exact) mass is 336 g/mol. The van der Waals surface area contributed by atoms with E-state index in [4.69, 9.17) is 0 Å². The lowest BCUT2D eigenvalue weighted by molar-refractivity contribution is 0.102. The maximum absolute atomic E-state index is 12.4. The van der Waals surface area contributed by atoms with E-state index in [-0.39, 0.29) is 5.91 Å². The number of carbonyl (C=O) groups excluding carboxylic acids is 1. The second-order valence-corrected chi connectivity index (χ2v) is 6.94. The summed E-state index contributed by atoms with van der Waals surface area (Å²) in [6.07, 6.45) is 0. The van der Waals surface area contributed by atoms with Crippen LogP contribution in [0.25, 0.3) is 11.3 Å². The second kappa shape index (κ2) is 6.97. The number of nitrogens with one attached hydrogen (secondary N) is 1. The molecule has 0 atom stereocenters. The van der Waals surface area contributed by atoms with Crippen molar-refractivity contribution in [3.05, 3.63) is 70.6 Å². The highest BCUT2D eigenvalue weighted by Gasteiger charge is 2.11. The fourth-order valence-electron chi connectivity index (χ4n) is 2.49. The van der Waals surface area contributed by atoms with E-state index >= 15 is 0 Å². The van der Waals surface area contributed by atoms with E-state index in [0.29, 0.717) is 16.6 Å². The summed E-state index contributed by atoms with van der Waals surface area (Å²) in [4.78, 5) is 16.9. The fourth-order valence-corrected chi connectivity index (χ4v) is 3.21. The van der Waals surface area contributed by atoms with E-state index < -0.39 is 0 Å². The Morgan fingerprint density at radius 2 is 1.79 bits per heavy atom. The van der Waals surface area contributed by atoms with E-state index in [1.165, 1.54) is 16.9 Å². The lowest BCUT2D eigenvalue weighted by Crippen LogP contribution is -2.12. The molecule has 4 heteroatoms. The highest BCUT2D eigenvalue weighted by Crippen LogP contribution is 2.27. The van der Waals surface area contributed by atoms with Gasteiger partial charge in [-0.25, -0.2) is 4.98 Å². The summed E-state index contributed by atoms with van der Waals surface area (Å²) in [7, 11) is 0. The number of benzene rings is 2. The van der Waals surface area contributed by atoms with Gasteiger partial charge in [0.25, 0.3) is 5.91 Å². The maximum atomic E-state index is 12.4. The minimum Gasteiger partial charge on any atom is -0.298 e. The Hall–Kier alpha value is -2.46. The third-order valence-corrected chi connectivity index (χ3v) is 4.75. The average Bonchev–Trinajstić information content (AvgIpc) is 3.03. The van der Waals surface area contributed by atoms with Crippen LogP contribution in [-0.2, 0) is 0 Å². The van der Waals surface area contributed by atoms with Crippen molar-refractivity contribution in [2.24, 2.45) is 0 Å². The first kappa shape index (κ1) is 16.4. The van der Waals surface area contributed by atoms with Gasteiger partial charge >= 0.3 is 0 Å². The number of aryl methyl sites for hydroxylation is 1. The molecule has 1 aromatic heterocycles. The average molecular weight is 336 g/mol. The number of thiazole rings is 1. The van der Waals surface area contributed by atoms with Gasteiger partial charge in [-0.3, -0.25) is 10.1 Å². The molecule has 0 saturated heterocycles. The SMILES string of the molecule is Cc1ccccc1C(=O)Nc1nc(-c2ccc(C(C)C)cc2)cs1. The van der Waals surface area contributed by atoms with Gasteiger partial charge in [0, 0.05) is 16.5 Å². The third-order valence-electron chi connectivity index (χ3n) is 3.99. The number of rotatable bonds is 4. The standard InChI is InChI=1S/C20H20N2OS/c1-13(2)15-8-10-16(11-9-15)18-12-24-20(21-18)22-19(23)17-7-5-4-6-14(17)3/h4-13H,1-3H3,(H,21,22,23). The van der Waals surface area contributed by atoms with Gasteiger partial charge in [0.2, 0.25) is 0 Å². The Morgan fingerprint density at radius 1 is 1.08 bits per heavy atom. The summed E-state index contributed by atoms with van der Waals surface area (Å²) in [6.45, 7) is 6.28. The zero-order valence-electron chi connectivity index (χ0n) is 14.0. The van der Waals surface area contributed by atoms with Crippen molar-refractivity contribution in [1.82, 2.24) is 4.98 Å². The molecular formula is C20H20N2OS. The van der Waals surface area contributed by atoms with Gasteiger partial charge in [0.15, 0.2) is 5.13 Å². The zero-order valence-corrected chi connectivity index (χ0v) is 14.9. The number of anilines is 1. The number of aromatic nitrogens is 1. The first-order valence-electron chi connectivity index (χ1n) is 7.97. The summed E-state index contributed by atoms with van der Waals surface area (Å²) < 4.78 is 0. The number of hydrogen-bond donors (Lipinski definition) is 1. The van der Waals surface area contributed by atoms with Crippen molar-refractivity contribution < 1.29 is 4.79 Å². The van der Waals surface area contributed by atoms with Crippen LogP contribution in [0.15, 0.2) is 53.9 Å². The Labute approximate surface area is 146 Å². The van der Waals surface area contributed by atoms with Crippen LogP contribution in [0.4, 0.5) is 5.13 Å². The highest BCUT2D eigenvalue weighted by molar-refractivity contribution is 7.14. The second-order valence-electron chi connectivity index (χ2n) is 6.08. The van der Waals surface area contributed by atoms with Gasteiger partial charge in [-0.1, -0.05) is 56.3 Å². The minimum absolute atomic E-state index is 0.121. The van der Waals surface area contributed by atoms with Crippen molar-refractivity contribution in [1.29, 1.82) is 0 Å². The molecule has 24 heavy (non-hydrogen) atoms. The molecule has 1 amide bonds. The van der Waals surface area contributed by atoms with Gasteiger partial charge in [-0.2, -0.15) is 0 Å². The summed E-state index contributed by atoms with van der Waals surface area (Å²) in [5.74, 6) is 0.391. The smallest absolute Gasteiger partial charge is 0.257 e. The normalized spacial score (nSPS) is 10.8. The summed E-state index contributed by atoms with van der Waals surface area (Å²) in [5.41, 5.74) is 4.89. The number of carbonyl (C=O) groups is 1. The molecule has 0 saturated carbocycles. The first-order valence-corrected chi connectivity index (χ1v) is 8.85. The predicted molar refractivity (Wildman–Crippen MR) is 101 cm³/mol. The number of hydrogen-bond acceptors (Lipinski definition) is 3. The van der Waals surface area contributed by atoms with Crippen LogP contribution in [0.1, 0.15) is 41.3 Å². The highest BCUT2D eigenvalue weighted by atomic mass is 32.1. The first-order chi connectivity index (χ1) is 11.5. The molecule has 0 radical (unpaired) electrons. The quantitative estimate of drug-likeness (QED) is 0.684. The Kier molecular flexibility index (Phi) is 4.76. The number of amides is 1. The molecule has 3 rings (SSSR count). The van der Waals surface area contributed by atoms with E-state index in [1.807, 2.05) is 36.6 Å². The van der Waals surface area contributed by atoms with E-state index in [1.54, 1.807) is 0 Å². The van der Waals surface area contributed by atoms with Crippen LogP contribution >= 0.6 is 11.3 Å². The molecule has 1 heterocycles. The predicted octanol–water partition coefficient (Wildman–Crippen LogP) is 5.49. The Balaban J connectivity index is 1.76. The maximum Gasteiger partial charge on any atom is 0.257 e. The molecular weight excluding hydrogens is 316 g/mol. The largest absolute Gasteiger partial charge is 0.298 e. The molecule has 0 unspecified atom stereocenters. The van der Waals surface area contributed by atoms with Crippen molar-refractivity contribution in [2.45, 2.75) is 26.7 Å². The van der Waals surface area contributed by atoms with Crippen LogP contribution in [0.5, 0.6) is 0 Å². The van der Waals surface area contributed by atoms with E-state index in [2.05, 4.69) is 48.4 Å². The zero-order chi connectivity index (χ0) is 17.1. The van der Waals surface area contributed by atoms with Gasteiger partial charge in [0.05, 0.1) is 5.69 Å². The summed E-state index contributed by atoms with van der Waals surface area (Å²) in [5, 5.41) is 5.47. The molecule has 0 aliphatic carbocycles. The molecule has 122 valence electrons. The molecule has 0 spiro atoms. The van der Waals surface area contributed by atoms with Crippen molar-refractivity contribution >= 4 is 22.4 Å². The fraction of sp³-hybridized carbons (Fsp3) is 0.200. The van der Waals surface area contributed by atoms with Crippen LogP contribution in [-0.4, -0.2) is 10.9 Å². The topological polar surface area (TPSA) is 42.0 Å². The lowest BCUT2D eigenvalue weighted by Gasteiger charge is -2.06. The van der Waals surface area contributed by atoms with Gasteiger partial charge in [-0.15, -0.1) is 11.3 Å². The lowest BCUT2D eigenvalue weighted by atomic mass is 10.0. The molecule has 3 aromatic rings. The Morgan fingerprint density at radius 3 is 2.46 bits per heavy atom. The van der Waals surface area contributed by atoms with Crippen molar-refractivity contribution in [3.8, 4) is 11.3 Å². The summed E-state index contributed by atoms with van der Waals surface area (Å²) in [6, 6.07) is 16.0. The van der Waals surface area contributed by atoms with Gasteiger partial charge < -0.3 is 0 Å². The molecule has 3 nitrogen and oxygen atoms in total. The molecule has 2 aromatic carbocycles. The van der Waals surface area contributed by atoms with E-state index in [0.717, 1.165) is 16.8 Å². The Bertz CT molecular complexity index is 850. The third kappa shape index (κ3) is 3.54. The molecule has 0 aliphatic rings. The van der Waals surface area contributed by atoms with Crippen molar-refractivity contribution in [2.75, 3.05) is 5.32 Å². The van der Waals surface area contributed by atoms with Gasteiger partial charge in [0.1, 0.15) is 0 Å². The van der Waals surface area contributed by atoms with Crippen molar-refractivity contribution in [3.63, 3.8) is 0 Å². The number of nitrogens with zero attached hydrogens (tertiary/aromatic N) is 1. The van der Waals surface area contributed by atoms with Crippen LogP contribution in [0, 0.1) is 6.92 Å².